The van der Waals surface area contributed by atoms with Crippen LogP contribution in [0.5, 0.6) is 0 Å². The largest absolute Gasteiger partial charge is 0.383 e. The van der Waals surface area contributed by atoms with Crippen molar-refractivity contribution in [1.29, 1.82) is 0 Å². The summed E-state index contributed by atoms with van der Waals surface area (Å²) < 4.78 is 9.42. The van der Waals surface area contributed by atoms with Crippen LogP contribution in [0.25, 0.3) is 0 Å². The number of hydrogen-bond acceptors (Lipinski definition) is 5. The maximum absolute atomic E-state index is 5.50. The Morgan fingerprint density at radius 1 is 1.47 bits per heavy atom. The molecule has 0 aliphatic carbocycles. The summed E-state index contributed by atoms with van der Waals surface area (Å²) in [5.74, 6) is 0.585. The lowest BCUT2D eigenvalue weighted by Gasteiger charge is -2.04. The van der Waals surface area contributed by atoms with Gasteiger partial charge in [-0.15, -0.1) is 0 Å². The number of nitrogens with zero attached hydrogens (tertiary/aromatic N) is 1. The second kappa shape index (κ2) is 7.48. The zero-order valence-corrected chi connectivity index (χ0v) is 9.98. The quantitative estimate of drug-likeness (QED) is 0.672. The normalized spacial score (nSPS) is 10.5. The first kappa shape index (κ1) is 12.3. The molecule has 0 aliphatic rings. The molecule has 0 saturated carbocycles. The first-order valence-electron chi connectivity index (χ1n) is 5.36. The average molecular weight is 229 g/mol. The van der Waals surface area contributed by atoms with Crippen molar-refractivity contribution in [3.63, 3.8) is 0 Å². The number of rotatable bonds is 8. The second-order valence-electron chi connectivity index (χ2n) is 3.36. The molecule has 1 aromatic heterocycles. The molecule has 0 aromatic carbocycles. The highest BCUT2D eigenvalue weighted by Crippen LogP contribution is 2.16. The van der Waals surface area contributed by atoms with E-state index in [1.165, 1.54) is 18.0 Å². The smallest absolute Gasteiger partial charge is 0.139 e. The lowest BCUT2D eigenvalue weighted by molar-refractivity contribution is 0.131. The number of ether oxygens (including phenoxy) is 1. The molecule has 1 rings (SSSR count). The van der Waals surface area contributed by atoms with Crippen molar-refractivity contribution >= 4 is 22.4 Å². The van der Waals surface area contributed by atoms with Crippen LogP contribution < -0.4 is 11.1 Å². The third kappa shape index (κ3) is 5.59. The maximum Gasteiger partial charge on any atom is 0.139 e. The van der Waals surface area contributed by atoms with Gasteiger partial charge >= 0.3 is 0 Å². The molecule has 86 valence electrons. The van der Waals surface area contributed by atoms with Crippen molar-refractivity contribution in [2.45, 2.75) is 26.2 Å². The zero-order chi connectivity index (χ0) is 10.9. The Bertz CT molecular complexity index is 265. The third-order valence-electron chi connectivity index (χ3n) is 1.94. The molecule has 0 bridgehead atoms. The summed E-state index contributed by atoms with van der Waals surface area (Å²) in [7, 11) is 0. The monoisotopic (exact) mass is 229 g/mol. The Morgan fingerprint density at radius 3 is 2.93 bits per heavy atom. The summed E-state index contributed by atoms with van der Waals surface area (Å²) in [4.78, 5) is 0. The highest BCUT2D eigenvalue weighted by atomic mass is 32.1. The first-order valence-corrected chi connectivity index (χ1v) is 6.14. The standard InChI is InChI=1S/C10H19N3OS/c1-2-3-6-14-7-4-5-12-10-8-9(11)13-15-10/h8,12H,2-7H2,1H3,(H2,11,13). The minimum Gasteiger partial charge on any atom is -0.383 e. The SMILES string of the molecule is CCCCOCCCNc1cc(N)ns1. The molecular weight excluding hydrogens is 210 g/mol. The molecule has 0 atom stereocenters. The summed E-state index contributed by atoms with van der Waals surface area (Å²) in [6.07, 6.45) is 3.36. The predicted octanol–water partition coefficient (Wildman–Crippen LogP) is 2.34. The number of anilines is 2. The molecule has 0 radical (unpaired) electrons. The molecule has 3 N–H and O–H groups in total. The van der Waals surface area contributed by atoms with Crippen molar-refractivity contribution in [2.75, 3.05) is 30.8 Å². The molecule has 0 spiro atoms. The topological polar surface area (TPSA) is 60.2 Å². The van der Waals surface area contributed by atoms with Gasteiger partial charge in [0.1, 0.15) is 10.8 Å². The van der Waals surface area contributed by atoms with Crippen molar-refractivity contribution in [2.24, 2.45) is 0 Å². The molecule has 5 heteroatoms. The van der Waals surface area contributed by atoms with Gasteiger partial charge in [-0.25, -0.2) is 0 Å². The second-order valence-corrected chi connectivity index (χ2v) is 4.17. The van der Waals surface area contributed by atoms with Crippen LogP contribution in [0.2, 0.25) is 0 Å². The van der Waals surface area contributed by atoms with E-state index in [4.69, 9.17) is 10.5 Å². The molecule has 4 nitrogen and oxygen atoms in total. The van der Waals surface area contributed by atoms with Gasteiger partial charge in [-0.1, -0.05) is 13.3 Å². The minimum absolute atomic E-state index is 0.585. The van der Waals surface area contributed by atoms with E-state index in [0.29, 0.717) is 5.82 Å². The van der Waals surface area contributed by atoms with Gasteiger partial charge in [-0.05, 0) is 24.4 Å². The molecule has 0 fully saturated rings. The van der Waals surface area contributed by atoms with Gasteiger partial charge in [0.05, 0.1) is 0 Å². The molecular formula is C10H19N3OS. The Labute approximate surface area is 95.0 Å². The molecule has 0 saturated heterocycles. The Kier molecular flexibility index (Phi) is 6.11. The van der Waals surface area contributed by atoms with E-state index in [1.54, 1.807) is 0 Å². The molecule has 0 aliphatic heterocycles. The number of nitrogen functional groups attached to an aromatic ring is 1. The molecule has 0 amide bonds. The number of nitrogens with two attached hydrogens (primary N) is 1. The highest BCUT2D eigenvalue weighted by molar-refractivity contribution is 7.10. The van der Waals surface area contributed by atoms with Crippen LogP contribution in [0, 0.1) is 0 Å². The lowest BCUT2D eigenvalue weighted by Crippen LogP contribution is -2.05. The van der Waals surface area contributed by atoms with E-state index in [-0.39, 0.29) is 0 Å². The van der Waals surface area contributed by atoms with E-state index >= 15 is 0 Å². The van der Waals surface area contributed by atoms with Crippen LogP contribution in [-0.2, 0) is 4.74 Å². The Balaban J connectivity index is 1.93. The van der Waals surface area contributed by atoms with Gasteiger partial charge < -0.3 is 15.8 Å². The van der Waals surface area contributed by atoms with Crippen LogP contribution in [0.1, 0.15) is 26.2 Å². The van der Waals surface area contributed by atoms with Crippen LogP contribution in [0.3, 0.4) is 0 Å². The number of unbranched alkanes of at least 4 members (excludes halogenated alkanes) is 1. The van der Waals surface area contributed by atoms with Crippen molar-refractivity contribution in [3.8, 4) is 0 Å². The van der Waals surface area contributed by atoms with Gasteiger partial charge in [0.2, 0.25) is 0 Å². The summed E-state index contributed by atoms with van der Waals surface area (Å²) in [5, 5.41) is 4.28. The Morgan fingerprint density at radius 2 is 2.27 bits per heavy atom. The van der Waals surface area contributed by atoms with Crippen molar-refractivity contribution in [3.05, 3.63) is 6.07 Å². The average Bonchev–Trinajstić information content (AvgIpc) is 2.63. The van der Waals surface area contributed by atoms with Gasteiger partial charge in [-0.2, -0.15) is 4.37 Å². The van der Waals surface area contributed by atoms with Crippen LogP contribution in [0.4, 0.5) is 10.8 Å². The number of nitrogens with one attached hydrogen (secondary N) is 1. The van der Waals surface area contributed by atoms with Gasteiger partial charge in [-0.3, -0.25) is 0 Å². The lowest BCUT2D eigenvalue weighted by atomic mass is 10.4. The van der Waals surface area contributed by atoms with Gasteiger partial charge in [0.15, 0.2) is 0 Å². The zero-order valence-electron chi connectivity index (χ0n) is 9.16. The van der Waals surface area contributed by atoms with E-state index in [9.17, 15) is 0 Å². The molecule has 15 heavy (non-hydrogen) atoms. The van der Waals surface area contributed by atoms with E-state index in [0.717, 1.165) is 37.6 Å². The summed E-state index contributed by atoms with van der Waals surface area (Å²) in [6, 6.07) is 1.85. The van der Waals surface area contributed by atoms with Crippen LogP contribution >= 0.6 is 11.5 Å². The fourth-order valence-corrected chi connectivity index (χ4v) is 1.70. The van der Waals surface area contributed by atoms with E-state index in [2.05, 4.69) is 16.6 Å². The molecule has 1 aromatic rings. The van der Waals surface area contributed by atoms with Crippen LogP contribution in [0.15, 0.2) is 6.07 Å². The number of hydrogen-bond donors (Lipinski definition) is 2. The summed E-state index contributed by atoms with van der Waals surface area (Å²) in [6.45, 7) is 4.78. The Hall–Kier alpha value is -0.810. The summed E-state index contributed by atoms with van der Waals surface area (Å²) >= 11 is 1.39. The summed E-state index contributed by atoms with van der Waals surface area (Å²) in [5.41, 5.74) is 5.50. The minimum atomic E-state index is 0.585. The highest BCUT2D eigenvalue weighted by Gasteiger charge is 1.96. The van der Waals surface area contributed by atoms with Crippen molar-refractivity contribution < 1.29 is 4.74 Å². The third-order valence-corrected chi connectivity index (χ3v) is 2.70. The fraction of sp³-hybridized carbons (Fsp3) is 0.700. The van der Waals surface area contributed by atoms with Crippen LogP contribution in [-0.4, -0.2) is 24.1 Å². The fourth-order valence-electron chi connectivity index (χ4n) is 1.11. The predicted molar refractivity (Wildman–Crippen MR) is 65.4 cm³/mol. The molecule has 0 unspecified atom stereocenters. The molecule has 1 heterocycles. The van der Waals surface area contributed by atoms with Crippen molar-refractivity contribution in [1.82, 2.24) is 4.37 Å². The number of aromatic nitrogens is 1. The van der Waals surface area contributed by atoms with Gasteiger partial charge in [0.25, 0.3) is 0 Å². The van der Waals surface area contributed by atoms with E-state index in [1.807, 2.05) is 6.07 Å². The first-order chi connectivity index (χ1) is 7.33. The van der Waals surface area contributed by atoms with Gasteiger partial charge in [0, 0.05) is 25.8 Å². The maximum atomic E-state index is 5.50. The van der Waals surface area contributed by atoms with E-state index < -0.39 is 0 Å².